The molecular weight excluding hydrogens is 415 g/mol. The Labute approximate surface area is 152 Å². The van der Waals surface area contributed by atoms with Gasteiger partial charge in [0.15, 0.2) is 5.78 Å². The van der Waals surface area contributed by atoms with Crippen molar-refractivity contribution in [1.29, 1.82) is 0 Å². The molecule has 0 radical (unpaired) electrons. The van der Waals surface area contributed by atoms with E-state index >= 15 is 0 Å². The first kappa shape index (κ1) is 21.4. The number of nitro groups is 1. The van der Waals surface area contributed by atoms with Crippen molar-refractivity contribution in [2.75, 3.05) is 27.7 Å². The number of esters is 1. The van der Waals surface area contributed by atoms with E-state index in [-0.39, 0.29) is 47.1 Å². The molecule has 0 fully saturated rings. The van der Waals surface area contributed by atoms with Crippen molar-refractivity contribution >= 4 is 17.4 Å². The smallest absolute Gasteiger partial charge is 0.311 e. The lowest BCUT2D eigenvalue weighted by Gasteiger charge is -2.26. The van der Waals surface area contributed by atoms with Crippen molar-refractivity contribution in [2.24, 2.45) is 5.92 Å². The first-order valence-electron chi connectivity index (χ1n) is 6.83. The largest absolute Gasteiger partial charge is 1.00 e. The topological polar surface area (TPSA) is 86.5 Å². The summed E-state index contributed by atoms with van der Waals surface area (Å²) in [5.74, 6) is -1.28. The summed E-state index contributed by atoms with van der Waals surface area (Å²) in [4.78, 5) is 33.8. The summed E-state index contributed by atoms with van der Waals surface area (Å²) in [7, 11) is 5.93. The third kappa shape index (κ3) is 6.61. The summed E-state index contributed by atoms with van der Waals surface area (Å²) >= 11 is 0. The fraction of sp³-hybridized carbons (Fsp3) is 0.467. The zero-order valence-electron chi connectivity index (χ0n) is 13.8. The van der Waals surface area contributed by atoms with E-state index in [1.165, 1.54) is 18.2 Å². The summed E-state index contributed by atoms with van der Waals surface area (Å²) in [5, 5.41) is 10.9. The van der Waals surface area contributed by atoms with Crippen LogP contribution in [-0.4, -0.2) is 48.8 Å². The van der Waals surface area contributed by atoms with E-state index in [9.17, 15) is 19.7 Å². The molecule has 1 rings (SSSR count). The van der Waals surface area contributed by atoms with Gasteiger partial charge in [-0.25, -0.2) is 0 Å². The molecule has 0 heterocycles. The predicted molar refractivity (Wildman–Crippen MR) is 80.8 cm³/mol. The van der Waals surface area contributed by atoms with Crippen LogP contribution in [-0.2, 0) is 4.79 Å². The molecule has 1 unspecified atom stereocenters. The van der Waals surface area contributed by atoms with E-state index in [0.29, 0.717) is 16.6 Å². The van der Waals surface area contributed by atoms with E-state index < -0.39 is 10.9 Å². The van der Waals surface area contributed by atoms with Crippen molar-refractivity contribution < 1.29 is 47.7 Å². The van der Waals surface area contributed by atoms with Gasteiger partial charge in [0, 0.05) is 18.6 Å². The highest BCUT2D eigenvalue weighted by molar-refractivity contribution is 5.98. The molecule has 0 aliphatic heterocycles. The van der Waals surface area contributed by atoms with Crippen LogP contribution in [0.1, 0.15) is 24.2 Å². The van der Waals surface area contributed by atoms with Crippen molar-refractivity contribution in [3.63, 3.8) is 0 Å². The maximum absolute atomic E-state index is 12.4. The lowest BCUT2D eigenvalue weighted by molar-refractivity contribution is -0.872. The fourth-order valence-electron chi connectivity index (χ4n) is 2.24. The molecule has 0 bridgehead atoms. The zero-order valence-corrected chi connectivity index (χ0v) is 16.0. The second-order valence-electron chi connectivity index (χ2n) is 6.27. The number of halogens is 1. The number of hydrogen-bond acceptors (Lipinski definition) is 5. The molecule has 1 aromatic rings. The number of benzene rings is 1. The summed E-state index contributed by atoms with van der Waals surface area (Å²) in [5.41, 5.74) is -0.0474. The Bertz CT molecular complexity index is 610. The quantitative estimate of drug-likeness (QED) is 0.109. The third-order valence-electron chi connectivity index (χ3n) is 2.96. The number of hydrogen-bond donors (Lipinski definition) is 0. The lowest BCUT2D eigenvalue weighted by Crippen LogP contribution is -3.00. The van der Waals surface area contributed by atoms with Gasteiger partial charge in [0.25, 0.3) is 0 Å². The Morgan fingerprint density at radius 3 is 2.30 bits per heavy atom. The Morgan fingerprint density at radius 1 is 1.30 bits per heavy atom. The molecular formula is C15H21IN2O5. The Hall–Kier alpha value is -1.55. The van der Waals surface area contributed by atoms with Gasteiger partial charge in [0.2, 0.25) is 5.75 Å². The molecule has 0 aromatic heterocycles. The van der Waals surface area contributed by atoms with Gasteiger partial charge >= 0.3 is 11.7 Å². The Morgan fingerprint density at radius 2 is 1.87 bits per heavy atom. The lowest BCUT2D eigenvalue weighted by atomic mass is 9.98. The van der Waals surface area contributed by atoms with Gasteiger partial charge in [0.1, 0.15) is 0 Å². The van der Waals surface area contributed by atoms with E-state index in [4.69, 9.17) is 4.74 Å². The summed E-state index contributed by atoms with van der Waals surface area (Å²) in [6.07, 6.45) is 0. The number of nitrogens with zero attached hydrogens (tertiary/aromatic N) is 2. The molecule has 7 nitrogen and oxygen atoms in total. The van der Waals surface area contributed by atoms with Crippen molar-refractivity contribution in [2.45, 2.75) is 13.8 Å². The molecule has 23 heavy (non-hydrogen) atoms. The van der Waals surface area contributed by atoms with Crippen LogP contribution in [0.15, 0.2) is 18.2 Å². The number of ketones is 1. The molecule has 128 valence electrons. The van der Waals surface area contributed by atoms with Crippen LogP contribution >= 0.6 is 0 Å². The third-order valence-corrected chi connectivity index (χ3v) is 2.96. The normalized spacial score (nSPS) is 12.0. The number of nitro benzene ring substituents is 1. The van der Waals surface area contributed by atoms with Gasteiger partial charge in [-0.05, 0) is 19.1 Å². The van der Waals surface area contributed by atoms with Crippen LogP contribution < -0.4 is 28.7 Å². The van der Waals surface area contributed by atoms with Crippen LogP contribution in [0, 0.1) is 16.0 Å². The highest BCUT2D eigenvalue weighted by Gasteiger charge is 2.25. The average molecular weight is 436 g/mol. The molecule has 0 saturated carbocycles. The molecule has 0 aliphatic carbocycles. The number of carbonyl (C=O) groups excluding carboxylic acids is 2. The maximum atomic E-state index is 12.4. The minimum atomic E-state index is -0.674. The average Bonchev–Trinajstić information content (AvgIpc) is 2.34. The summed E-state index contributed by atoms with van der Waals surface area (Å²) in [6, 6.07) is 3.83. The second kappa shape index (κ2) is 8.34. The zero-order chi connectivity index (χ0) is 17.1. The monoisotopic (exact) mass is 436 g/mol. The number of quaternary nitrogens is 1. The van der Waals surface area contributed by atoms with Crippen LogP contribution in [0.2, 0.25) is 0 Å². The molecule has 8 heteroatoms. The molecule has 1 aromatic carbocycles. The number of carbonyl (C=O) groups is 2. The molecule has 0 N–H and O–H groups in total. The fourth-order valence-corrected chi connectivity index (χ4v) is 2.24. The SMILES string of the molecule is CC(=O)Oc1cc(C(=O)C(C)C[N+](C)(C)C)ccc1[N+](=O)[O-].[I-]. The van der Waals surface area contributed by atoms with Crippen LogP contribution in [0.3, 0.4) is 0 Å². The van der Waals surface area contributed by atoms with Crippen molar-refractivity contribution in [1.82, 2.24) is 0 Å². The number of rotatable bonds is 6. The van der Waals surface area contributed by atoms with Gasteiger partial charge in [-0.15, -0.1) is 0 Å². The van der Waals surface area contributed by atoms with Gasteiger partial charge in [-0.3, -0.25) is 19.7 Å². The highest BCUT2D eigenvalue weighted by atomic mass is 127. The Kier molecular flexibility index (Phi) is 7.78. The standard InChI is InChI=1S/C15H21N2O5.HI/c1-10(9-17(3,4)5)15(19)12-6-7-13(16(20)21)14(8-12)22-11(2)18;/h6-8,10H,9H2,1-5H3;1H/q+1;/p-1. The summed E-state index contributed by atoms with van der Waals surface area (Å²) in [6.45, 7) is 3.58. The number of Topliss-reactive ketones (excluding diaryl/α,β-unsaturated/α-hetero) is 1. The van der Waals surface area contributed by atoms with Gasteiger partial charge < -0.3 is 33.2 Å². The maximum Gasteiger partial charge on any atom is 0.311 e. The first-order chi connectivity index (χ1) is 10.0. The van der Waals surface area contributed by atoms with E-state index in [2.05, 4.69) is 0 Å². The van der Waals surface area contributed by atoms with Crippen molar-refractivity contribution in [3.05, 3.63) is 33.9 Å². The van der Waals surface area contributed by atoms with Crippen molar-refractivity contribution in [3.8, 4) is 5.75 Å². The predicted octanol–water partition coefficient (Wildman–Crippen LogP) is -0.951. The number of ether oxygens (including phenoxy) is 1. The van der Waals surface area contributed by atoms with E-state index in [1.807, 2.05) is 21.1 Å². The first-order valence-corrected chi connectivity index (χ1v) is 6.83. The highest BCUT2D eigenvalue weighted by Crippen LogP contribution is 2.29. The van der Waals surface area contributed by atoms with E-state index in [0.717, 1.165) is 6.92 Å². The van der Waals surface area contributed by atoms with Gasteiger partial charge in [0.05, 0.1) is 38.5 Å². The summed E-state index contributed by atoms with van der Waals surface area (Å²) < 4.78 is 5.46. The van der Waals surface area contributed by atoms with Gasteiger partial charge in [-0.2, -0.15) is 0 Å². The molecule has 0 spiro atoms. The van der Waals surface area contributed by atoms with Crippen LogP contribution in [0.25, 0.3) is 0 Å². The Balaban J connectivity index is 0.00000484. The van der Waals surface area contributed by atoms with Gasteiger partial charge in [-0.1, -0.05) is 0 Å². The molecule has 0 saturated heterocycles. The molecule has 0 amide bonds. The molecule has 1 atom stereocenters. The molecule has 0 aliphatic rings. The van der Waals surface area contributed by atoms with Crippen LogP contribution in [0.4, 0.5) is 5.69 Å². The van der Waals surface area contributed by atoms with E-state index in [1.54, 1.807) is 6.92 Å². The minimum Gasteiger partial charge on any atom is -1.00 e. The second-order valence-corrected chi connectivity index (χ2v) is 6.27. The minimum absolute atomic E-state index is 0. The van der Waals surface area contributed by atoms with Crippen LogP contribution in [0.5, 0.6) is 5.75 Å².